The van der Waals surface area contributed by atoms with Crippen LogP contribution in [-0.4, -0.2) is 22.4 Å². The lowest BCUT2D eigenvalue weighted by molar-refractivity contribution is -0.210. The van der Waals surface area contributed by atoms with Crippen molar-refractivity contribution < 1.29 is 9.84 Å². The number of hydrogen-bond acceptors (Lipinski definition) is 2. The van der Waals surface area contributed by atoms with Crippen LogP contribution in [-0.2, 0) is 4.74 Å². The van der Waals surface area contributed by atoms with Gasteiger partial charge in [0, 0.05) is 0 Å². The lowest BCUT2D eigenvalue weighted by Crippen LogP contribution is -2.54. The van der Waals surface area contributed by atoms with E-state index in [1.165, 1.54) is 11.1 Å². The molecule has 3 atom stereocenters. The van der Waals surface area contributed by atoms with E-state index in [2.05, 4.69) is 52.0 Å². The highest BCUT2D eigenvalue weighted by Crippen LogP contribution is 2.42. The third kappa shape index (κ3) is 3.91. The van der Waals surface area contributed by atoms with Crippen LogP contribution in [0.1, 0.15) is 66.7 Å². The summed E-state index contributed by atoms with van der Waals surface area (Å²) in [4.78, 5) is 0. The number of allylic oxidation sites excluding steroid dienone is 5. The summed E-state index contributed by atoms with van der Waals surface area (Å²) in [5, 5.41) is 10.7. The van der Waals surface area contributed by atoms with Gasteiger partial charge in [-0.15, -0.1) is 0 Å². The molecule has 2 rings (SSSR count). The average Bonchev–Trinajstić information content (AvgIpc) is 2.43. The minimum atomic E-state index is -0.721. The van der Waals surface area contributed by atoms with Crippen LogP contribution < -0.4 is 0 Å². The second-order valence-corrected chi connectivity index (χ2v) is 7.68. The first-order valence-electron chi connectivity index (χ1n) is 8.67. The van der Waals surface area contributed by atoms with Crippen LogP contribution in [0.3, 0.4) is 0 Å². The lowest BCUT2D eigenvalue weighted by Gasteiger charge is -2.49. The van der Waals surface area contributed by atoms with Crippen LogP contribution in [0.5, 0.6) is 0 Å². The van der Waals surface area contributed by atoms with Crippen LogP contribution in [0.15, 0.2) is 35.5 Å². The van der Waals surface area contributed by atoms with Crippen molar-refractivity contribution in [3.8, 4) is 0 Å². The predicted octanol–water partition coefficient (Wildman–Crippen LogP) is 4.94. The van der Waals surface area contributed by atoms with E-state index in [-0.39, 0.29) is 11.7 Å². The predicted molar refractivity (Wildman–Crippen MR) is 92.8 cm³/mol. The fourth-order valence-corrected chi connectivity index (χ4v) is 3.42. The summed E-state index contributed by atoms with van der Waals surface area (Å²) < 4.78 is 6.53. The minimum Gasteiger partial charge on any atom is -0.387 e. The van der Waals surface area contributed by atoms with Crippen molar-refractivity contribution in [1.82, 2.24) is 0 Å². The first-order chi connectivity index (χ1) is 10.3. The smallest absolute Gasteiger partial charge is 0.0894 e. The van der Waals surface area contributed by atoms with Crippen molar-refractivity contribution >= 4 is 0 Å². The molecule has 2 aliphatic rings. The fraction of sp³-hybridized carbons (Fsp3) is 0.700. The van der Waals surface area contributed by atoms with Crippen molar-refractivity contribution in [2.75, 3.05) is 0 Å². The molecule has 0 aliphatic carbocycles. The Morgan fingerprint density at radius 1 is 1.23 bits per heavy atom. The normalized spacial score (nSPS) is 43.3. The molecule has 1 fully saturated rings. The Kier molecular flexibility index (Phi) is 5.34. The van der Waals surface area contributed by atoms with Gasteiger partial charge in [-0.1, -0.05) is 49.3 Å². The van der Waals surface area contributed by atoms with E-state index in [9.17, 15) is 5.11 Å². The third-order valence-electron chi connectivity index (χ3n) is 5.39. The SMILES string of the molecule is CC1=C/C/C=C(\C)CC[C@@H]2O[C@@](C(C)C)(\C=C\1)CC[C@]2(C)O. The molecular weight excluding hydrogens is 272 g/mol. The maximum absolute atomic E-state index is 10.7. The summed E-state index contributed by atoms with van der Waals surface area (Å²) in [6, 6.07) is 0. The highest BCUT2D eigenvalue weighted by atomic mass is 16.5. The maximum atomic E-state index is 10.7. The van der Waals surface area contributed by atoms with Gasteiger partial charge in [0.15, 0.2) is 0 Å². The Bertz CT molecular complexity index is 482. The number of fused-ring (bicyclic) bond motifs is 2. The molecule has 22 heavy (non-hydrogen) atoms. The van der Waals surface area contributed by atoms with Gasteiger partial charge in [0.25, 0.3) is 0 Å². The molecular formula is C20H32O2. The van der Waals surface area contributed by atoms with Gasteiger partial charge in [-0.2, -0.15) is 0 Å². The second kappa shape index (κ2) is 6.72. The van der Waals surface area contributed by atoms with Crippen molar-refractivity contribution in [3.63, 3.8) is 0 Å². The molecule has 2 nitrogen and oxygen atoms in total. The molecule has 0 saturated carbocycles. The van der Waals surface area contributed by atoms with Gasteiger partial charge in [-0.25, -0.2) is 0 Å². The summed E-state index contributed by atoms with van der Waals surface area (Å²) in [5.41, 5.74) is 1.69. The summed E-state index contributed by atoms with van der Waals surface area (Å²) in [7, 11) is 0. The largest absolute Gasteiger partial charge is 0.387 e. The lowest BCUT2D eigenvalue weighted by atomic mass is 9.75. The monoisotopic (exact) mass is 304 g/mol. The molecule has 0 aromatic rings. The van der Waals surface area contributed by atoms with Crippen LogP contribution >= 0.6 is 0 Å². The quantitative estimate of drug-likeness (QED) is 0.695. The summed E-state index contributed by atoms with van der Waals surface area (Å²) in [6.07, 6.45) is 13.4. The fourth-order valence-electron chi connectivity index (χ4n) is 3.42. The molecule has 2 bridgehead atoms. The minimum absolute atomic E-state index is 0.0969. The summed E-state index contributed by atoms with van der Waals surface area (Å²) >= 11 is 0. The van der Waals surface area contributed by atoms with E-state index in [4.69, 9.17) is 4.74 Å². The molecule has 0 aromatic carbocycles. The van der Waals surface area contributed by atoms with Crippen LogP contribution in [0.4, 0.5) is 0 Å². The Balaban J connectivity index is 2.37. The zero-order chi connectivity index (χ0) is 16.4. The molecule has 1 N–H and O–H groups in total. The van der Waals surface area contributed by atoms with Crippen molar-refractivity contribution in [1.29, 1.82) is 0 Å². The standard InChI is InChI=1S/C20H32O2/c1-15(2)20-12-11-17(4)8-6-7-16(3)9-10-18(22-20)19(5,21)13-14-20/h7-8,11-12,15,18,21H,6,9-10,13-14H2,1-5H3/b12-11+,16-7+,17-8-/t18-,19-,20-/m0/s1. The molecule has 124 valence electrons. The Hall–Kier alpha value is -0.860. The van der Waals surface area contributed by atoms with E-state index in [1.54, 1.807) is 0 Å². The highest BCUT2D eigenvalue weighted by Gasteiger charge is 2.46. The summed E-state index contributed by atoms with van der Waals surface area (Å²) in [6.45, 7) is 10.7. The highest BCUT2D eigenvalue weighted by molar-refractivity contribution is 5.23. The molecule has 2 heteroatoms. The molecule has 2 aliphatic heterocycles. The zero-order valence-corrected chi connectivity index (χ0v) is 14.9. The van der Waals surface area contributed by atoms with E-state index in [0.717, 1.165) is 32.1 Å². The molecule has 0 radical (unpaired) electrons. The second-order valence-electron chi connectivity index (χ2n) is 7.68. The zero-order valence-electron chi connectivity index (χ0n) is 14.9. The van der Waals surface area contributed by atoms with Gasteiger partial charge in [0.1, 0.15) is 0 Å². The van der Waals surface area contributed by atoms with Crippen molar-refractivity contribution in [2.24, 2.45) is 5.92 Å². The summed E-state index contributed by atoms with van der Waals surface area (Å²) in [5.74, 6) is 0.398. The number of hydrogen-bond donors (Lipinski definition) is 1. The van der Waals surface area contributed by atoms with Gasteiger partial charge in [0.05, 0.1) is 17.3 Å². The molecule has 0 aromatic heterocycles. The van der Waals surface area contributed by atoms with Crippen LogP contribution in [0.2, 0.25) is 0 Å². The molecule has 0 spiro atoms. The molecule has 0 amide bonds. The number of ether oxygens (including phenoxy) is 1. The van der Waals surface area contributed by atoms with Crippen LogP contribution in [0, 0.1) is 5.92 Å². The van der Waals surface area contributed by atoms with Gasteiger partial charge < -0.3 is 9.84 Å². The maximum Gasteiger partial charge on any atom is 0.0894 e. The van der Waals surface area contributed by atoms with Gasteiger partial charge in [0.2, 0.25) is 0 Å². The van der Waals surface area contributed by atoms with Gasteiger partial charge in [-0.05, 0) is 58.8 Å². The van der Waals surface area contributed by atoms with Crippen molar-refractivity contribution in [3.05, 3.63) is 35.5 Å². The van der Waals surface area contributed by atoms with E-state index < -0.39 is 5.60 Å². The average molecular weight is 304 g/mol. The van der Waals surface area contributed by atoms with E-state index >= 15 is 0 Å². The van der Waals surface area contributed by atoms with E-state index in [1.807, 2.05) is 6.92 Å². The third-order valence-corrected chi connectivity index (χ3v) is 5.39. The van der Waals surface area contributed by atoms with Gasteiger partial charge in [-0.3, -0.25) is 0 Å². The topological polar surface area (TPSA) is 29.5 Å². The van der Waals surface area contributed by atoms with Gasteiger partial charge >= 0.3 is 0 Å². The molecule has 2 heterocycles. The molecule has 0 unspecified atom stereocenters. The van der Waals surface area contributed by atoms with Crippen LogP contribution in [0.25, 0.3) is 0 Å². The van der Waals surface area contributed by atoms with E-state index in [0.29, 0.717) is 5.92 Å². The Morgan fingerprint density at radius 3 is 2.64 bits per heavy atom. The number of rotatable bonds is 1. The first-order valence-corrected chi connectivity index (χ1v) is 8.67. The molecule has 1 saturated heterocycles. The Labute approximate surface area is 136 Å². The first kappa shape index (κ1) is 17.5. The number of aliphatic hydroxyl groups is 1. The van der Waals surface area contributed by atoms with Crippen molar-refractivity contribution in [2.45, 2.75) is 84.0 Å². The Morgan fingerprint density at radius 2 is 1.95 bits per heavy atom.